The fourth-order valence-electron chi connectivity index (χ4n) is 1.24. The van der Waals surface area contributed by atoms with Crippen LogP contribution in [0.5, 0.6) is 0 Å². The number of nitrogens with one attached hydrogen (secondary N) is 1. The van der Waals surface area contributed by atoms with Crippen LogP contribution in [0.4, 0.5) is 5.69 Å². The Hall–Kier alpha value is -0.620. The van der Waals surface area contributed by atoms with Gasteiger partial charge in [0.2, 0.25) is 5.91 Å². The summed E-state index contributed by atoms with van der Waals surface area (Å²) in [7, 11) is 0. The van der Waals surface area contributed by atoms with Crippen LogP contribution in [-0.4, -0.2) is 11.9 Å². The van der Waals surface area contributed by atoms with Crippen LogP contribution in [0.3, 0.4) is 0 Å². The SMILES string of the molecule is CCCC(N)C(=O)Nc1cccc(I)c1. The molecule has 1 unspecified atom stereocenters. The van der Waals surface area contributed by atoms with E-state index < -0.39 is 6.04 Å². The molecule has 1 atom stereocenters. The van der Waals surface area contributed by atoms with Gasteiger partial charge in [-0.25, -0.2) is 0 Å². The third-order valence-corrected chi connectivity index (χ3v) is 2.70. The van der Waals surface area contributed by atoms with Crippen LogP contribution in [0.15, 0.2) is 24.3 Å². The lowest BCUT2D eigenvalue weighted by molar-refractivity contribution is -0.117. The molecule has 0 aromatic heterocycles. The Labute approximate surface area is 104 Å². The molecular formula is C11H15IN2O. The summed E-state index contributed by atoms with van der Waals surface area (Å²) in [5, 5.41) is 2.80. The van der Waals surface area contributed by atoms with Gasteiger partial charge in [0.15, 0.2) is 0 Å². The monoisotopic (exact) mass is 318 g/mol. The Morgan fingerprint density at radius 1 is 1.60 bits per heavy atom. The summed E-state index contributed by atoms with van der Waals surface area (Å²) < 4.78 is 1.09. The van der Waals surface area contributed by atoms with Crippen LogP contribution in [0.1, 0.15) is 19.8 Å². The fraction of sp³-hybridized carbons (Fsp3) is 0.364. The lowest BCUT2D eigenvalue weighted by Gasteiger charge is -2.11. The molecule has 82 valence electrons. The predicted molar refractivity (Wildman–Crippen MR) is 70.7 cm³/mol. The normalized spacial score (nSPS) is 12.2. The summed E-state index contributed by atoms with van der Waals surface area (Å²) in [6, 6.07) is 7.24. The molecule has 0 aliphatic carbocycles. The third-order valence-electron chi connectivity index (χ3n) is 2.03. The molecule has 0 saturated heterocycles. The van der Waals surface area contributed by atoms with E-state index in [1.807, 2.05) is 31.2 Å². The highest BCUT2D eigenvalue weighted by molar-refractivity contribution is 14.1. The van der Waals surface area contributed by atoms with E-state index in [0.29, 0.717) is 0 Å². The summed E-state index contributed by atoms with van der Waals surface area (Å²) >= 11 is 2.20. The first kappa shape index (κ1) is 12.4. The lowest BCUT2D eigenvalue weighted by Crippen LogP contribution is -2.35. The summed E-state index contributed by atoms with van der Waals surface area (Å²) in [6.07, 6.45) is 1.64. The third kappa shape index (κ3) is 4.17. The van der Waals surface area contributed by atoms with Gasteiger partial charge in [-0.2, -0.15) is 0 Å². The van der Waals surface area contributed by atoms with Crippen molar-refractivity contribution < 1.29 is 4.79 Å². The summed E-state index contributed by atoms with van der Waals surface area (Å²) in [5.74, 6) is -0.112. The van der Waals surface area contributed by atoms with Gasteiger partial charge in [0.25, 0.3) is 0 Å². The van der Waals surface area contributed by atoms with E-state index >= 15 is 0 Å². The summed E-state index contributed by atoms with van der Waals surface area (Å²) in [4.78, 5) is 11.6. The lowest BCUT2D eigenvalue weighted by atomic mass is 10.1. The maximum Gasteiger partial charge on any atom is 0.241 e. The average Bonchev–Trinajstić information content (AvgIpc) is 2.18. The van der Waals surface area contributed by atoms with E-state index in [-0.39, 0.29) is 5.91 Å². The molecule has 0 bridgehead atoms. The Morgan fingerprint density at radius 2 is 2.33 bits per heavy atom. The molecule has 0 aliphatic heterocycles. The van der Waals surface area contributed by atoms with Gasteiger partial charge in [-0.15, -0.1) is 0 Å². The van der Waals surface area contributed by atoms with Crippen molar-refractivity contribution in [1.82, 2.24) is 0 Å². The first-order valence-corrected chi connectivity index (χ1v) is 6.03. The average molecular weight is 318 g/mol. The van der Waals surface area contributed by atoms with Gasteiger partial charge in [-0.3, -0.25) is 4.79 Å². The van der Waals surface area contributed by atoms with Crippen LogP contribution in [0.25, 0.3) is 0 Å². The smallest absolute Gasteiger partial charge is 0.241 e. The predicted octanol–water partition coefficient (Wildman–Crippen LogP) is 2.36. The number of nitrogens with two attached hydrogens (primary N) is 1. The Morgan fingerprint density at radius 3 is 2.93 bits per heavy atom. The van der Waals surface area contributed by atoms with Crippen molar-refractivity contribution in [2.45, 2.75) is 25.8 Å². The maximum atomic E-state index is 11.6. The molecule has 0 radical (unpaired) electrons. The second-order valence-electron chi connectivity index (χ2n) is 3.39. The molecule has 1 aromatic carbocycles. The highest BCUT2D eigenvalue weighted by atomic mass is 127. The minimum atomic E-state index is -0.409. The van der Waals surface area contributed by atoms with Crippen molar-refractivity contribution in [3.8, 4) is 0 Å². The van der Waals surface area contributed by atoms with E-state index in [1.165, 1.54) is 0 Å². The molecular weight excluding hydrogens is 303 g/mol. The number of benzene rings is 1. The molecule has 1 aromatic rings. The molecule has 0 heterocycles. The van der Waals surface area contributed by atoms with Crippen molar-refractivity contribution in [3.05, 3.63) is 27.8 Å². The van der Waals surface area contributed by atoms with Gasteiger partial charge < -0.3 is 11.1 Å². The highest BCUT2D eigenvalue weighted by Gasteiger charge is 2.11. The molecule has 0 aliphatic rings. The van der Waals surface area contributed by atoms with Crippen molar-refractivity contribution in [1.29, 1.82) is 0 Å². The van der Waals surface area contributed by atoms with Crippen molar-refractivity contribution in [3.63, 3.8) is 0 Å². The molecule has 0 saturated carbocycles. The molecule has 4 heteroatoms. The number of halogens is 1. The van der Waals surface area contributed by atoms with Gasteiger partial charge in [0.1, 0.15) is 0 Å². The second-order valence-corrected chi connectivity index (χ2v) is 4.64. The van der Waals surface area contributed by atoms with Crippen LogP contribution < -0.4 is 11.1 Å². The molecule has 15 heavy (non-hydrogen) atoms. The second kappa shape index (κ2) is 6.07. The molecule has 0 fully saturated rings. The zero-order valence-corrected chi connectivity index (χ0v) is 10.8. The molecule has 1 amide bonds. The number of carbonyl (C=O) groups is 1. The number of rotatable bonds is 4. The minimum Gasteiger partial charge on any atom is -0.325 e. The minimum absolute atomic E-state index is 0.112. The van der Waals surface area contributed by atoms with E-state index in [1.54, 1.807) is 0 Å². The van der Waals surface area contributed by atoms with Gasteiger partial charge in [0, 0.05) is 9.26 Å². The van der Waals surface area contributed by atoms with Crippen LogP contribution >= 0.6 is 22.6 Å². The molecule has 3 N–H and O–H groups in total. The van der Waals surface area contributed by atoms with Gasteiger partial charge in [0.05, 0.1) is 6.04 Å². The fourth-order valence-corrected chi connectivity index (χ4v) is 1.79. The highest BCUT2D eigenvalue weighted by Crippen LogP contribution is 2.12. The first-order valence-electron chi connectivity index (χ1n) is 4.95. The first-order chi connectivity index (χ1) is 7.13. The zero-order valence-electron chi connectivity index (χ0n) is 8.66. The standard InChI is InChI=1S/C11H15IN2O/c1-2-4-10(13)11(15)14-9-6-3-5-8(12)7-9/h3,5-7,10H,2,4,13H2,1H3,(H,14,15). The number of hydrogen-bond acceptors (Lipinski definition) is 2. The van der Waals surface area contributed by atoms with Gasteiger partial charge in [-0.05, 0) is 47.2 Å². The Balaban J connectivity index is 2.58. The topological polar surface area (TPSA) is 55.1 Å². The van der Waals surface area contributed by atoms with E-state index in [9.17, 15) is 4.79 Å². The quantitative estimate of drug-likeness (QED) is 0.838. The van der Waals surface area contributed by atoms with Crippen LogP contribution in [0, 0.1) is 3.57 Å². The number of carbonyl (C=O) groups excluding carboxylic acids is 1. The van der Waals surface area contributed by atoms with Gasteiger partial charge in [-0.1, -0.05) is 19.4 Å². The van der Waals surface area contributed by atoms with Crippen molar-refractivity contribution in [2.24, 2.45) is 5.73 Å². The zero-order chi connectivity index (χ0) is 11.3. The van der Waals surface area contributed by atoms with E-state index in [4.69, 9.17) is 5.73 Å². The maximum absolute atomic E-state index is 11.6. The molecule has 0 spiro atoms. The van der Waals surface area contributed by atoms with Gasteiger partial charge >= 0.3 is 0 Å². The van der Waals surface area contributed by atoms with Crippen molar-refractivity contribution >= 4 is 34.2 Å². The number of hydrogen-bond donors (Lipinski definition) is 2. The Kier molecular flexibility index (Phi) is 5.04. The largest absolute Gasteiger partial charge is 0.325 e. The number of amides is 1. The van der Waals surface area contributed by atoms with Crippen LogP contribution in [0.2, 0.25) is 0 Å². The molecule has 1 rings (SSSR count). The molecule has 3 nitrogen and oxygen atoms in total. The van der Waals surface area contributed by atoms with E-state index in [0.717, 1.165) is 22.1 Å². The van der Waals surface area contributed by atoms with Crippen LogP contribution in [-0.2, 0) is 4.79 Å². The summed E-state index contributed by atoms with van der Waals surface area (Å²) in [5.41, 5.74) is 6.50. The Bertz CT molecular complexity index is 341. The summed E-state index contributed by atoms with van der Waals surface area (Å²) in [6.45, 7) is 2.01. The number of anilines is 1. The van der Waals surface area contributed by atoms with E-state index in [2.05, 4.69) is 27.9 Å². The van der Waals surface area contributed by atoms with Crippen molar-refractivity contribution in [2.75, 3.05) is 5.32 Å².